The maximum atomic E-state index is 12.5. The van der Waals surface area contributed by atoms with Gasteiger partial charge in [-0.1, -0.05) is 13.8 Å². The second-order valence-corrected chi connectivity index (χ2v) is 10.0. The van der Waals surface area contributed by atoms with E-state index in [4.69, 9.17) is 14.5 Å². The average Bonchev–Trinajstić information content (AvgIpc) is 2.87. The number of carbonyl (C=O) groups excluding carboxylic acids is 2. The summed E-state index contributed by atoms with van der Waals surface area (Å²) < 4.78 is 10.5. The number of pyridine rings is 1. The number of hydrogen-bond acceptors (Lipinski definition) is 6. The molecule has 196 valence electrons. The summed E-state index contributed by atoms with van der Waals surface area (Å²) in [4.78, 5) is 32.2. The van der Waals surface area contributed by atoms with E-state index in [0.29, 0.717) is 34.7 Å². The van der Waals surface area contributed by atoms with E-state index in [2.05, 4.69) is 42.4 Å². The number of nitrogens with zero attached hydrogens (tertiary/aromatic N) is 2. The molecule has 0 unspecified atom stereocenters. The van der Waals surface area contributed by atoms with Crippen LogP contribution in [0.15, 0.2) is 42.5 Å². The fourth-order valence-electron chi connectivity index (χ4n) is 5.05. The van der Waals surface area contributed by atoms with E-state index in [1.165, 1.54) is 13.5 Å². The average molecular weight is 505 g/mol. The van der Waals surface area contributed by atoms with Gasteiger partial charge < -0.3 is 25.0 Å². The normalized spacial score (nSPS) is 17.4. The molecule has 8 heteroatoms. The first-order chi connectivity index (χ1) is 17.7. The van der Waals surface area contributed by atoms with Crippen molar-refractivity contribution in [3.05, 3.63) is 48.0 Å². The molecule has 0 saturated carbocycles. The first-order valence-corrected chi connectivity index (χ1v) is 12.7. The molecule has 2 atom stereocenters. The molecule has 1 aromatic heterocycles. The summed E-state index contributed by atoms with van der Waals surface area (Å²) in [5.74, 6) is 2.94. The highest BCUT2D eigenvalue weighted by Crippen LogP contribution is 2.31. The standard InChI is InChI=1S/C29H36N4O4/c1-18-12-19(2)17-33(16-18)27-13-20(3)23-14-21(6-8-24(23)32-27)30-28(34)10-11-29(35)31-22-7-9-25(36-4)26(15-22)37-5/h6-9,13-15,18-19H,10-12,16-17H2,1-5H3,(H,30,34)(H,31,35)/t18-,19-/m0/s1. The third-order valence-corrected chi connectivity index (χ3v) is 6.73. The SMILES string of the molecule is COc1ccc(NC(=O)CCC(=O)Nc2ccc3nc(N4C[C@@H](C)C[C@H](C)C4)cc(C)c3c2)cc1OC. The number of carbonyl (C=O) groups is 2. The number of piperidine rings is 1. The third kappa shape index (κ3) is 6.50. The molecular weight excluding hydrogens is 468 g/mol. The monoisotopic (exact) mass is 504 g/mol. The van der Waals surface area contributed by atoms with Crippen molar-refractivity contribution in [2.75, 3.05) is 42.8 Å². The topological polar surface area (TPSA) is 92.8 Å². The molecule has 37 heavy (non-hydrogen) atoms. The molecule has 0 bridgehead atoms. The molecule has 4 rings (SSSR count). The smallest absolute Gasteiger partial charge is 0.224 e. The Morgan fingerprint density at radius 2 is 1.49 bits per heavy atom. The highest BCUT2D eigenvalue weighted by atomic mass is 16.5. The Labute approximate surface area is 218 Å². The van der Waals surface area contributed by atoms with Crippen molar-refractivity contribution < 1.29 is 19.1 Å². The maximum absolute atomic E-state index is 12.5. The molecule has 2 aromatic carbocycles. The fourth-order valence-corrected chi connectivity index (χ4v) is 5.05. The molecule has 1 aliphatic heterocycles. The lowest BCUT2D eigenvalue weighted by molar-refractivity contribution is -0.121. The Morgan fingerprint density at radius 3 is 2.11 bits per heavy atom. The predicted molar refractivity (Wildman–Crippen MR) is 148 cm³/mol. The number of hydrogen-bond donors (Lipinski definition) is 2. The van der Waals surface area contributed by atoms with Crippen molar-refractivity contribution in [1.82, 2.24) is 4.98 Å². The lowest BCUT2D eigenvalue weighted by Gasteiger charge is -2.36. The van der Waals surface area contributed by atoms with Gasteiger partial charge in [0.05, 0.1) is 19.7 Å². The summed E-state index contributed by atoms with van der Waals surface area (Å²) >= 11 is 0. The highest BCUT2D eigenvalue weighted by Gasteiger charge is 2.23. The number of ether oxygens (including phenoxy) is 2. The van der Waals surface area contributed by atoms with Crippen LogP contribution < -0.4 is 25.0 Å². The van der Waals surface area contributed by atoms with Crippen LogP contribution in [0.2, 0.25) is 0 Å². The summed E-state index contributed by atoms with van der Waals surface area (Å²) in [7, 11) is 3.09. The number of amides is 2. The fraction of sp³-hybridized carbons (Fsp3) is 0.414. The number of anilines is 3. The van der Waals surface area contributed by atoms with Gasteiger partial charge in [-0.2, -0.15) is 0 Å². The van der Waals surface area contributed by atoms with Crippen LogP contribution in [0.3, 0.4) is 0 Å². The van der Waals surface area contributed by atoms with Crippen molar-refractivity contribution in [2.24, 2.45) is 11.8 Å². The quantitative estimate of drug-likeness (QED) is 0.427. The first kappa shape index (κ1) is 26.3. The second kappa shape index (κ2) is 11.5. The van der Waals surface area contributed by atoms with Crippen LogP contribution in [0.4, 0.5) is 17.2 Å². The Balaban J connectivity index is 1.35. The molecule has 0 spiro atoms. The van der Waals surface area contributed by atoms with Crippen LogP contribution in [0, 0.1) is 18.8 Å². The number of methoxy groups -OCH3 is 2. The van der Waals surface area contributed by atoms with Gasteiger partial charge in [-0.25, -0.2) is 4.98 Å². The molecule has 8 nitrogen and oxygen atoms in total. The number of rotatable bonds is 8. The van der Waals surface area contributed by atoms with E-state index >= 15 is 0 Å². The lowest BCUT2D eigenvalue weighted by Crippen LogP contribution is -2.39. The van der Waals surface area contributed by atoms with Crippen molar-refractivity contribution >= 4 is 39.9 Å². The van der Waals surface area contributed by atoms with Crippen molar-refractivity contribution in [3.8, 4) is 11.5 Å². The summed E-state index contributed by atoms with van der Waals surface area (Å²) in [6.07, 6.45) is 1.38. The molecule has 2 amide bonds. The van der Waals surface area contributed by atoms with Crippen LogP contribution in [-0.4, -0.2) is 44.1 Å². The van der Waals surface area contributed by atoms with E-state index in [1.54, 1.807) is 25.3 Å². The van der Waals surface area contributed by atoms with Gasteiger partial charge in [0, 0.05) is 48.8 Å². The molecule has 1 saturated heterocycles. The Kier molecular flexibility index (Phi) is 8.16. The number of benzene rings is 2. The van der Waals surface area contributed by atoms with Crippen molar-refractivity contribution in [3.63, 3.8) is 0 Å². The van der Waals surface area contributed by atoms with Gasteiger partial charge in [0.15, 0.2) is 11.5 Å². The van der Waals surface area contributed by atoms with Gasteiger partial charge in [-0.05, 0) is 67.1 Å². The highest BCUT2D eigenvalue weighted by molar-refractivity contribution is 5.98. The van der Waals surface area contributed by atoms with Gasteiger partial charge >= 0.3 is 0 Å². The number of aryl methyl sites for hydroxylation is 1. The molecule has 2 heterocycles. The first-order valence-electron chi connectivity index (χ1n) is 12.7. The predicted octanol–water partition coefficient (Wildman–Crippen LogP) is 5.40. The lowest BCUT2D eigenvalue weighted by atomic mass is 9.92. The molecule has 2 N–H and O–H groups in total. The van der Waals surface area contributed by atoms with Crippen LogP contribution >= 0.6 is 0 Å². The van der Waals surface area contributed by atoms with E-state index in [-0.39, 0.29) is 24.7 Å². The minimum absolute atomic E-state index is 0.0599. The van der Waals surface area contributed by atoms with Crippen molar-refractivity contribution in [1.29, 1.82) is 0 Å². The van der Waals surface area contributed by atoms with E-state index in [1.807, 2.05) is 18.2 Å². The van der Waals surface area contributed by atoms with Gasteiger partial charge in [0.2, 0.25) is 11.8 Å². The van der Waals surface area contributed by atoms with Gasteiger partial charge in [-0.3, -0.25) is 9.59 Å². The summed E-state index contributed by atoms with van der Waals surface area (Å²) in [5.41, 5.74) is 3.30. The van der Waals surface area contributed by atoms with Gasteiger partial charge in [-0.15, -0.1) is 0 Å². The zero-order chi connectivity index (χ0) is 26.5. The molecule has 0 aliphatic carbocycles. The number of nitrogens with one attached hydrogen (secondary N) is 2. The zero-order valence-corrected chi connectivity index (χ0v) is 22.3. The van der Waals surface area contributed by atoms with Crippen LogP contribution in [0.1, 0.15) is 38.7 Å². The molecule has 1 fully saturated rings. The maximum Gasteiger partial charge on any atom is 0.224 e. The molecule has 1 aliphatic rings. The Bertz CT molecular complexity index is 1280. The van der Waals surface area contributed by atoms with Crippen LogP contribution in [0.5, 0.6) is 11.5 Å². The third-order valence-electron chi connectivity index (χ3n) is 6.73. The van der Waals surface area contributed by atoms with E-state index < -0.39 is 0 Å². The van der Waals surface area contributed by atoms with Crippen LogP contribution in [-0.2, 0) is 9.59 Å². The van der Waals surface area contributed by atoms with Gasteiger partial charge in [0.1, 0.15) is 5.82 Å². The molecular formula is C29H36N4O4. The Morgan fingerprint density at radius 1 is 0.892 bits per heavy atom. The van der Waals surface area contributed by atoms with Crippen molar-refractivity contribution in [2.45, 2.75) is 40.0 Å². The second-order valence-electron chi connectivity index (χ2n) is 10.0. The number of aromatic nitrogens is 1. The minimum Gasteiger partial charge on any atom is -0.493 e. The zero-order valence-electron chi connectivity index (χ0n) is 22.3. The van der Waals surface area contributed by atoms with Gasteiger partial charge in [0.25, 0.3) is 0 Å². The van der Waals surface area contributed by atoms with E-state index in [9.17, 15) is 9.59 Å². The largest absolute Gasteiger partial charge is 0.493 e. The Hall–Kier alpha value is -3.81. The van der Waals surface area contributed by atoms with E-state index in [0.717, 1.165) is 35.4 Å². The number of fused-ring (bicyclic) bond motifs is 1. The summed E-state index contributed by atoms with van der Waals surface area (Å²) in [6.45, 7) is 8.72. The minimum atomic E-state index is -0.255. The molecule has 3 aromatic rings. The molecule has 0 radical (unpaired) electrons. The van der Waals surface area contributed by atoms with Crippen LogP contribution in [0.25, 0.3) is 10.9 Å². The summed E-state index contributed by atoms with van der Waals surface area (Å²) in [5, 5.41) is 6.70. The summed E-state index contributed by atoms with van der Waals surface area (Å²) in [6, 6.07) is 13.0.